The Morgan fingerprint density at radius 2 is 2.18 bits per heavy atom. The molecule has 2 aliphatic rings. The van der Waals surface area contributed by atoms with E-state index in [1.54, 1.807) is 12.1 Å². The second-order valence-corrected chi connectivity index (χ2v) is 8.74. The SMILES string of the molecule is O=C(NCc1ccco1)C1=NOC2(CCN(S(=O)(=O)c3cccc(F)c3)C2)C1. The topological polar surface area (TPSA) is 101 Å². The number of sulfonamides is 1. The molecule has 1 spiro atoms. The lowest BCUT2D eigenvalue weighted by atomic mass is 9.96. The smallest absolute Gasteiger partial charge is 0.269 e. The molecule has 1 aromatic carbocycles. The van der Waals surface area contributed by atoms with Crippen LogP contribution in [0.1, 0.15) is 18.6 Å². The third-order valence-electron chi connectivity index (χ3n) is 4.82. The Balaban J connectivity index is 1.40. The van der Waals surface area contributed by atoms with Gasteiger partial charge in [0.05, 0.1) is 24.2 Å². The zero-order valence-corrected chi connectivity index (χ0v) is 15.6. The molecule has 1 N–H and O–H groups in total. The fraction of sp³-hybridized carbons (Fsp3) is 0.333. The van der Waals surface area contributed by atoms with Crippen LogP contribution < -0.4 is 5.32 Å². The monoisotopic (exact) mass is 407 g/mol. The highest BCUT2D eigenvalue weighted by molar-refractivity contribution is 7.89. The van der Waals surface area contributed by atoms with E-state index >= 15 is 0 Å². The third-order valence-corrected chi connectivity index (χ3v) is 6.66. The first-order chi connectivity index (χ1) is 13.4. The Morgan fingerprint density at radius 1 is 1.32 bits per heavy atom. The molecule has 0 radical (unpaired) electrons. The Bertz CT molecular complexity index is 1020. The zero-order valence-electron chi connectivity index (χ0n) is 14.8. The van der Waals surface area contributed by atoms with Crippen molar-refractivity contribution < 1.29 is 26.9 Å². The van der Waals surface area contributed by atoms with E-state index in [0.717, 1.165) is 6.07 Å². The molecule has 0 saturated carbocycles. The number of oxime groups is 1. The minimum Gasteiger partial charge on any atom is -0.467 e. The molecule has 0 aliphatic carbocycles. The van der Waals surface area contributed by atoms with Gasteiger partial charge in [0.1, 0.15) is 17.3 Å². The van der Waals surface area contributed by atoms with Crippen LogP contribution in [0.15, 0.2) is 57.1 Å². The molecule has 1 fully saturated rings. The van der Waals surface area contributed by atoms with Crippen LogP contribution in [0.2, 0.25) is 0 Å². The van der Waals surface area contributed by atoms with E-state index in [4.69, 9.17) is 9.25 Å². The van der Waals surface area contributed by atoms with E-state index in [1.807, 2.05) is 0 Å². The van der Waals surface area contributed by atoms with Gasteiger partial charge >= 0.3 is 0 Å². The van der Waals surface area contributed by atoms with Gasteiger partial charge in [-0.3, -0.25) is 4.79 Å². The molecule has 1 saturated heterocycles. The fourth-order valence-electron chi connectivity index (χ4n) is 3.33. The summed E-state index contributed by atoms with van der Waals surface area (Å²) in [7, 11) is -3.85. The first kappa shape index (κ1) is 18.6. The number of nitrogens with zero attached hydrogens (tertiary/aromatic N) is 2. The summed E-state index contributed by atoms with van der Waals surface area (Å²) in [5.74, 6) is -0.401. The standard InChI is InChI=1S/C18H18FN3O5S/c19-13-3-1-5-15(9-13)28(24,25)22-7-6-18(12-22)10-16(21-27-18)17(23)20-11-14-4-2-8-26-14/h1-5,8-9H,6-7,10-12H2,(H,20,23). The van der Waals surface area contributed by atoms with Crippen molar-refractivity contribution in [3.8, 4) is 0 Å². The van der Waals surface area contributed by atoms with Gasteiger partial charge in [-0.05, 0) is 30.3 Å². The number of benzene rings is 1. The molecule has 148 valence electrons. The molecule has 3 heterocycles. The van der Waals surface area contributed by atoms with Gasteiger partial charge < -0.3 is 14.6 Å². The van der Waals surface area contributed by atoms with Crippen molar-refractivity contribution in [1.29, 1.82) is 0 Å². The summed E-state index contributed by atoms with van der Waals surface area (Å²) in [5.41, 5.74) is -0.672. The molecular weight excluding hydrogens is 389 g/mol. The van der Waals surface area contributed by atoms with Crippen molar-refractivity contribution in [1.82, 2.24) is 9.62 Å². The minimum atomic E-state index is -3.85. The quantitative estimate of drug-likeness (QED) is 0.812. The summed E-state index contributed by atoms with van der Waals surface area (Å²) in [6, 6.07) is 8.33. The number of carbonyl (C=O) groups is 1. The maximum Gasteiger partial charge on any atom is 0.269 e. The van der Waals surface area contributed by atoms with Crippen molar-refractivity contribution in [2.75, 3.05) is 13.1 Å². The highest BCUT2D eigenvalue weighted by Gasteiger charge is 2.49. The number of hydrogen-bond acceptors (Lipinski definition) is 6. The van der Waals surface area contributed by atoms with Crippen LogP contribution >= 0.6 is 0 Å². The molecule has 28 heavy (non-hydrogen) atoms. The predicted molar refractivity (Wildman–Crippen MR) is 96.2 cm³/mol. The number of rotatable bonds is 5. The first-order valence-electron chi connectivity index (χ1n) is 8.69. The van der Waals surface area contributed by atoms with Gasteiger partial charge in [0.2, 0.25) is 10.0 Å². The van der Waals surface area contributed by atoms with Crippen LogP contribution in [0.25, 0.3) is 0 Å². The minimum absolute atomic E-state index is 0.0459. The average Bonchev–Trinajstić information content (AvgIpc) is 3.42. The van der Waals surface area contributed by atoms with Crippen molar-refractivity contribution in [3.63, 3.8) is 0 Å². The van der Waals surface area contributed by atoms with E-state index in [-0.39, 0.29) is 42.6 Å². The third kappa shape index (κ3) is 3.52. The Labute approximate surface area is 161 Å². The fourth-order valence-corrected chi connectivity index (χ4v) is 4.88. The van der Waals surface area contributed by atoms with E-state index in [2.05, 4.69) is 10.5 Å². The van der Waals surface area contributed by atoms with E-state index in [9.17, 15) is 17.6 Å². The highest BCUT2D eigenvalue weighted by atomic mass is 32.2. The van der Waals surface area contributed by atoms with E-state index < -0.39 is 21.4 Å². The van der Waals surface area contributed by atoms with Crippen LogP contribution in [-0.4, -0.2) is 43.0 Å². The Hall–Kier alpha value is -2.72. The van der Waals surface area contributed by atoms with Crippen molar-refractivity contribution >= 4 is 21.6 Å². The zero-order chi connectivity index (χ0) is 19.8. The number of carbonyl (C=O) groups excluding carboxylic acids is 1. The number of amides is 1. The summed E-state index contributed by atoms with van der Waals surface area (Å²) in [6.45, 7) is 0.470. The second-order valence-electron chi connectivity index (χ2n) is 6.80. The van der Waals surface area contributed by atoms with Crippen molar-refractivity contribution in [2.24, 2.45) is 5.16 Å². The van der Waals surface area contributed by atoms with Crippen LogP contribution in [0.4, 0.5) is 4.39 Å². The molecule has 4 rings (SSSR count). The first-order valence-corrected chi connectivity index (χ1v) is 10.1. The molecule has 10 heteroatoms. The van der Waals surface area contributed by atoms with Crippen molar-refractivity contribution in [2.45, 2.75) is 29.9 Å². The van der Waals surface area contributed by atoms with Crippen LogP contribution in [0.5, 0.6) is 0 Å². The largest absolute Gasteiger partial charge is 0.467 e. The van der Waals surface area contributed by atoms with Gasteiger partial charge in [0, 0.05) is 19.4 Å². The summed E-state index contributed by atoms with van der Waals surface area (Å²) in [5, 5.41) is 6.56. The number of nitrogens with one attached hydrogen (secondary N) is 1. The molecule has 1 unspecified atom stereocenters. The molecule has 1 amide bonds. The molecule has 1 aromatic heterocycles. The van der Waals surface area contributed by atoms with Gasteiger partial charge in [-0.25, -0.2) is 12.8 Å². The maximum atomic E-state index is 13.4. The molecule has 0 bridgehead atoms. The molecular formula is C18H18FN3O5S. The number of furan rings is 1. The highest BCUT2D eigenvalue weighted by Crippen LogP contribution is 2.36. The van der Waals surface area contributed by atoms with E-state index in [1.165, 1.54) is 28.8 Å². The van der Waals surface area contributed by atoms with Gasteiger partial charge in [0.15, 0.2) is 5.60 Å². The van der Waals surface area contributed by atoms with Crippen LogP contribution in [-0.2, 0) is 26.2 Å². The second kappa shape index (κ2) is 7.02. The van der Waals surface area contributed by atoms with Crippen LogP contribution in [0.3, 0.4) is 0 Å². The van der Waals surface area contributed by atoms with Gasteiger partial charge in [-0.2, -0.15) is 4.31 Å². The lowest BCUT2D eigenvalue weighted by Crippen LogP contribution is -2.38. The lowest BCUT2D eigenvalue weighted by molar-refractivity contribution is -0.115. The molecule has 2 aromatic rings. The summed E-state index contributed by atoms with van der Waals surface area (Å²) in [6.07, 6.45) is 2.10. The number of hydrogen-bond donors (Lipinski definition) is 1. The number of halogens is 1. The Kier molecular flexibility index (Phi) is 4.68. The molecule has 8 nitrogen and oxygen atoms in total. The summed E-state index contributed by atoms with van der Waals surface area (Å²) < 4.78 is 45.3. The summed E-state index contributed by atoms with van der Waals surface area (Å²) in [4.78, 5) is 17.7. The predicted octanol–water partition coefficient (Wildman–Crippen LogP) is 1.64. The van der Waals surface area contributed by atoms with Gasteiger partial charge in [0.25, 0.3) is 5.91 Å². The van der Waals surface area contributed by atoms with E-state index in [0.29, 0.717) is 12.2 Å². The van der Waals surface area contributed by atoms with Crippen LogP contribution in [0, 0.1) is 5.82 Å². The normalized spacial score (nSPS) is 22.2. The molecule has 1 atom stereocenters. The van der Waals surface area contributed by atoms with Crippen molar-refractivity contribution in [3.05, 3.63) is 54.2 Å². The Morgan fingerprint density at radius 3 is 2.93 bits per heavy atom. The molecule has 2 aliphatic heterocycles. The summed E-state index contributed by atoms with van der Waals surface area (Å²) >= 11 is 0. The van der Waals surface area contributed by atoms with Gasteiger partial charge in [-0.1, -0.05) is 11.2 Å². The van der Waals surface area contributed by atoms with Gasteiger partial charge in [-0.15, -0.1) is 0 Å². The lowest BCUT2D eigenvalue weighted by Gasteiger charge is -2.21. The maximum absolute atomic E-state index is 13.4. The average molecular weight is 407 g/mol.